The van der Waals surface area contributed by atoms with E-state index in [0.29, 0.717) is 18.7 Å². The van der Waals surface area contributed by atoms with Crippen molar-refractivity contribution in [3.05, 3.63) is 41.9 Å². The molecule has 122 valence electrons. The van der Waals surface area contributed by atoms with E-state index in [0.717, 1.165) is 37.3 Å². The highest BCUT2D eigenvalue weighted by molar-refractivity contribution is 5.76. The lowest BCUT2D eigenvalue weighted by Crippen LogP contribution is -2.31. The molecular weight excluding hydrogens is 288 g/mol. The quantitative estimate of drug-likeness (QED) is 0.857. The Morgan fingerprint density at radius 3 is 2.52 bits per heavy atom. The molecule has 1 aliphatic rings. The maximum absolute atomic E-state index is 12.3. The number of carbonyl (C=O) groups is 1. The number of hydrogen-bond acceptors (Lipinski definition) is 3. The molecule has 4 nitrogen and oxygen atoms in total. The van der Waals surface area contributed by atoms with Crippen LogP contribution in [0.1, 0.15) is 43.6 Å². The minimum atomic E-state index is 0.224. The van der Waals surface area contributed by atoms with Crippen LogP contribution in [0.25, 0.3) is 11.3 Å². The predicted molar refractivity (Wildman–Crippen MR) is 90.0 cm³/mol. The molecule has 1 aromatic heterocycles. The summed E-state index contributed by atoms with van der Waals surface area (Å²) in [6.45, 7) is 3.86. The van der Waals surface area contributed by atoms with E-state index in [2.05, 4.69) is 24.0 Å². The molecule has 0 aliphatic carbocycles. The van der Waals surface area contributed by atoms with Crippen LogP contribution in [0.4, 0.5) is 0 Å². The van der Waals surface area contributed by atoms with Gasteiger partial charge < -0.3 is 9.32 Å². The van der Waals surface area contributed by atoms with Crippen molar-refractivity contribution in [2.45, 2.75) is 45.4 Å². The average molecular weight is 312 g/mol. The summed E-state index contributed by atoms with van der Waals surface area (Å²) in [5.41, 5.74) is 2.24. The van der Waals surface area contributed by atoms with Gasteiger partial charge >= 0.3 is 0 Å². The van der Waals surface area contributed by atoms with Gasteiger partial charge in [-0.15, -0.1) is 0 Å². The summed E-state index contributed by atoms with van der Waals surface area (Å²) in [6, 6.07) is 8.17. The molecule has 2 aromatic rings. The zero-order chi connectivity index (χ0) is 16.1. The fraction of sp³-hybridized carbons (Fsp3) is 0.474. The van der Waals surface area contributed by atoms with E-state index >= 15 is 0 Å². The first-order valence-electron chi connectivity index (χ1n) is 8.52. The Morgan fingerprint density at radius 2 is 1.83 bits per heavy atom. The molecule has 0 radical (unpaired) electrons. The van der Waals surface area contributed by atoms with E-state index < -0.39 is 0 Å². The Labute approximate surface area is 137 Å². The average Bonchev–Trinajstić information content (AvgIpc) is 2.86. The van der Waals surface area contributed by atoms with Crippen LogP contribution in [0.2, 0.25) is 0 Å². The summed E-state index contributed by atoms with van der Waals surface area (Å²) >= 11 is 0. The highest BCUT2D eigenvalue weighted by atomic mass is 16.4. The van der Waals surface area contributed by atoms with Crippen LogP contribution >= 0.6 is 0 Å². The molecule has 1 fully saturated rings. The topological polar surface area (TPSA) is 46.3 Å². The third-order valence-electron chi connectivity index (χ3n) is 4.40. The fourth-order valence-corrected chi connectivity index (χ4v) is 2.97. The lowest BCUT2D eigenvalue weighted by atomic mass is 10.1. The van der Waals surface area contributed by atoms with Crippen LogP contribution in [0.5, 0.6) is 0 Å². The van der Waals surface area contributed by atoms with Crippen molar-refractivity contribution in [2.24, 2.45) is 0 Å². The lowest BCUT2D eigenvalue weighted by Gasteiger charge is -2.19. The SMILES string of the molecule is Cc1ccc(-c2cnc(CCC(=O)N3CCCCCC3)o2)cc1. The van der Waals surface area contributed by atoms with Gasteiger partial charge in [-0.1, -0.05) is 42.7 Å². The van der Waals surface area contributed by atoms with Crippen molar-refractivity contribution in [3.8, 4) is 11.3 Å². The summed E-state index contributed by atoms with van der Waals surface area (Å²) < 4.78 is 5.79. The highest BCUT2D eigenvalue weighted by Crippen LogP contribution is 2.21. The maximum atomic E-state index is 12.3. The molecule has 1 saturated heterocycles. The molecule has 0 unspecified atom stereocenters. The van der Waals surface area contributed by atoms with Gasteiger partial charge in [0.15, 0.2) is 11.7 Å². The molecule has 1 aromatic carbocycles. The van der Waals surface area contributed by atoms with Crippen molar-refractivity contribution in [1.29, 1.82) is 0 Å². The van der Waals surface area contributed by atoms with E-state index in [-0.39, 0.29) is 5.91 Å². The zero-order valence-electron chi connectivity index (χ0n) is 13.8. The highest BCUT2D eigenvalue weighted by Gasteiger charge is 2.16. The van der Waals surface area contributed by atoms with Crippen molar-refractivity contribution in [1.82, 2.24) is 9.88 Å². The summed E-state index contributed by atoms with van der Waals surface area (Å²) in [4.78, 5) is 18.6. The zero-order valence-corrected chi connectivity index (χ0v) is 13.8. The Morgan fingerprint density at radius 1 is 1.13 bits per heavy atom. The van der Waals surface area contributed by atoms with Crippen LogP contribution in [0.15, 0.2) is 34.9 Å². The monoisotopic (exact) mass is 312 g/mol. The Kier molecular flexibility index (Phi) is 5.11. The molecule has 1 aliphatic heterocycles. The number of benzene rings is 1. The first-order valence-corrected chi connectivity index (χ1v) is 8.52. The second-order valence-electron chi connectivity index (χ2n) is 6.28. The fourth-order valence-electron chi connectivity index (χ4n) is 2.97. The number of aromatic nitrogens is 1. The molecule has 23 heavy (non-hydrogen) atoms. The minimum Gasteiger partial charge on any atom is -0.441 e. The van der Waals surface area contributed by atoms with E-state index in [9.17, 15) is 4.79 Å². The number of likely N-dealkylation sites (tertiary alicyclic amines) is 1. The van der Waals surface area contributed by atoms with Gasteiger partial charge in [-0.05, 0) is 19.8 Å². The molecule has 1 amide bonds. The Balaban J connectivity index is 1.56. The van der Waals surface area contributed by atoms with Crippen molar-refractivity contribution >= 4 is 5.91 Å². The van der Waals surface area contributed by atoms with Crippen LogP contribution in [0, 0.1) is 6.92 Å². The molecule has 4 heteroatoms. The number of aryl methyl sites for hydroxylation is 2. The van der Waals surface area contributed by atoms with E-state index in [1.165, 1.54) is 18.4 Å². The molecule has 0 bridgehead atoms. The molecule has 3 rings (SSSR count). The number of hydrogen-bond donors (Lipinski definition) is 0. The summed E-state index contributed by atoms with van der Waals surface area (Å²) in [6.07, 6.45) is 7.53. The first kappa shape index (κ1) is 15.8. The molecule has 0 saturated carbocycles. The molecule has 0 atom stereocenters. The Hall–Kier alpha value is -2.10. The smallest absolute Gasteiger partial charge is 0.223 e. The van der Waals surface area contributed by atoms with Crippen LogP contribution in [-0.4, -0.2) is 28.9 Å². The number of rotatable bonds is 4. The second-order valence-corrected chi connectivity index (χ2v) is 6.28. The van der Waals surface area contributed by atoms with Crippen molar-refractivity contribution in [2.75, 3.05) is 13.1 Å². The van der Waals surface area contributed by atoms with Crippen LogP contribution in [-0.2, 0) is 11.2 Å². The number of carbonyl (C=O) groups excluding carboxylic acids is 1. The van der Waals surface area contributed by atoms with Gasteiger partial charge in [0.1, 0.15) is 0 Å². The van der Waals surface area contributed by atoms with Gasteiger partial charge in [0.25, 0.3) is 0 Å². The molecule has 2 heterocycles. The summed E-state index contributed by atoms with van der Waals surface area (Å²) in [7, 11) is 0. The summed E-state index contributed by atoms with van der Waals surface area (Å²) in [5.74, 6) is 1.63. The van der Waals surface area contributed by atoms with Gasteiger partial charge in [-0.3, -0.25) is 4.79 Å². The standard InChI is InChI=1S/C19H24N2O2/c1-15-6-8-16(9-7-15)17-14-20-18(23-17)10-11-19(22)21-12-4-2-3-5-13-21/h6-9,14H,2-5,10-13H2,1H3. The largest absolute Gasteiger partial charge is 0.441 e. The van der Waals surface area contributed by atoms with E-state index in [4.69, 9.17) is 4.42 Å². The minimum absolute atomic E-state index is 0.224. The lowest BCUT2D eigenvalue weighted by molar-refractivity contribution is -0.131. The van der Waals surface area contributed by atoms with Gasteiger partial charge in [0.2, 0.25) is 5.91 Å². The number of nitrogens with zero attached hydrogens (tertiary/aromatic N) is 2. The molecular formula is C19H24N2O2. The van der Waals surface area contributed by atoms with E-state index in [1.807, 2.05) is 17.0 Å². The van der Waals surface area contributed by atoms with Gasteiger partial charge in [0.05, 0.1) is 6.20 Å². The normalized spacial score (nSPS) is 15.4. The predicted octanol–water partition coefficient (Wildman–Crippen LogP) is 3.99. The van der Waals surface area contributed by atoms with Gasteiger partial charge in [-0.25, -0.2) is 4.98 Å². The first-order chi connectivity index (χ1) is 11.2. The van der Waals surface area contributed by atoms with Crippen LogP contribution < -0.4 is 0 Å². The van der Waals surface area contributed by atoms with Crippen molar-refractivity contribution in [3.63, 3.8) is 0 Å². The Bertz CT molecular complexity index is 638. The molecule has 0 spiro atoms. The summed E-state index contributed by atoms with van der Waals surface area (Å²) in [5, 5.41) is 0. The second kappa shape index (κ2) is 7.44. The van der Waals surface area contributed by atoms with E-state index in [1.54, 1.807) is 6.20 Å². The van der Waals surface area contributed by atoms with Crippen molar-refractivity contribution < 1.29 is 9.21 Å². The van der Waals surface area contributed by atoms with Gasteiger partial charge in [-0.2, -0.15) is 0 Å². The molecule has 0 N–H and O–H groups in total. The van der Waals surface area contributed by atoms with Gasteiger partial charge in [0, 0.05) is 31.5 Å². The number of oxazole rings is 1. The number of amides is 1. The maximum Gasteiger partial charge on any atom is 0.223 e. The third kappa shape index (κ3) is 4.21. The third-order valence-corrected chi connectivity index (χ3v) is 4.40. The van der Waals surface area contributed by atoms with Crippen LogP contribution in [0.3, 0.4) is 0 Å².